The molecule has 3 N–H and O–H groups in total. The van der Waals surface area contributed by atoms with Crippen LogP contribution in [0.15, 0.2) is 10.6 Å². The predicted octanol–water partition coefficient (Wildman–Crippen LogP) is 0.877. The molecule has 0 aliphatic carbocycles. The number of hydrogen-bond acceptors (Lipinski definition) is 3. The van der Waals surface area contributed by atoms with Crippen molar-refractivity contribution in [1.29, 1.82) is 0 Å². The molecule has 0 aromatic rings. The van der Waals surface area contributed by atoms with Crippen LogP contribution in [0.4, 0.5) is 0 Å². The predicted molar refractivity (Wildman–Crippen MR) is 42.2 cm³/mol. The fourth-order valence-corrected chi connectivity index (χ4v) is 0.639. The van der Waals surface area contributed by atoms with Gasteiger partial charge in [0.1, 0.15) is 0 Å². The SMILES string of the molecule is CCC(O)/C(S)=C(\C)N. The summed E-state index contributed by atoms with van der Waals surface area (Å²) in [6.45, 7) is 3.60. The summed E-state index contributed by atoms with van der Waals surface area (Å²) in [4.78, 5) is 0.581. The fraction of sp³-hybridized carbons (Fsp3) is 0.667. The maximum atomic E-state index is 9.08. The molecule has 0 saturated heterocycles. The van der Waals surface area contributed by atoms with E-state index in [0.717, 1.165) is 0 Å². The lowest BCUT2D eigenvalue weighted by molar-refractivity contribution is 0.214. The first-order valence-electron chi connectivity index (χ1n) is 2.92. The Kier molecular flexibility index (Phi) is 3.73. The average molecular weight is 147 g/mol. The summed E-state index contributed by atoms with van der Waals surface area (Å²) in [5, 5.41) is 9.08. The normalized spacial score (nSPS) is 16.9. The first-order valence-corrected chi connectivity index (χ1v) is 3.37. The molecule has 1 atom stereocenters. The van der Waals surface area contributed by atoms with Crippen LogP contribution in [-0.2, 0) is 0 Å². The van der Waals surface area contributed by atoms with E-state index in [4.69, 9.17) is 10.8 Å². The van der Waals surface area contributed by atoms with Gasteiger partial charge >= 0.3 is 0 Å². The van der Waals surface area contributed by atoms with Crippen molar-refractivity contribution in [3.8, 4) is 0 Å². The molecule has 0 aliphatic heterocycles. The number of thiol groups is 1. The van der Waals surface area contributed by atoms with Gasteiger partial charge in [0.05, 0.1) is 6.10 Å². The van der Waals surface area contributed by atoms with Gasteiger partial charge in [0.25, 0.3) is 0 Å². The molecule has 0 saturated carbocycles. The van der Waals surface area contributed by atoms with E-state index in [-0.39, 0.29) is 0 Å². The van der Waals surface area contributed by atoms with E-state index in [0.29, 0.717) is 17.0 Å². The number of allylic oxidation sites excluding steroid dienone is 1. The Morgan fingerprint density at radius 3 is 2.33 bits per heavy atom. The molecule has 0 spiro atoms. The standard InChI is InChI=1S/C6H13NOS/c1-3-5(8)6(9)4(2)7/h5,8-9H,3,7H2,1-2H3/b6-4-. The lowest BCUT2D eigenvalue weighted by Crippen LogP contribution is -2.09. The van der Waals surface area contributed by atoms with Gasteiger partial charge in [-0.05, 0) is 13.3 Å². The molecule has 0 rings (SSSR count). The van der Waals surface area contributed by atoms with Crippen LogP contribution in [0.1, 0.15) is 20.3 Å². The quantitative estimate of drug-likeness (QED) is 0.508. The van der Waals surface area contributed by atoms with Gasteiger partial charge < -0.3 is 10.8 Å². The smallest absolute Gasteiger partial charge is 0.0860 e. The number of hydrogen-bond donors (Lipinski definition) is 3. The van der Waals surface area contributed by atoms with Crippen molar-refractivity contribution in [3.05, 3.63) is 10.6 Å². The molecular weight excluding hydrogens is 134 g/mol. The van der Waals surface area contributed by atoms with E-state index in [1.54, 1.807) is 6.92 Å². The summed E-state index contributed by atoms with van der Waals surface area (Å²) in [7, 11) is 0. The number of aliphatic hydroxyl groups is 1. The van der Waals surface area contributed by atoms with Gasteiger partial charge in [0.15, 0.2) is 0 Å². The minimum absolute atomic E-state index is 0.488. The van der Waals surface area contributed by atoms with Crippen molar-refractivity contribution in [2.75, 3.05) is 0 Å². The van der Waals surface area contributed by atoms with Gasteiger partial charge in [-0.15, -0.1) is 12.6 Å². The van der Waals surface area contributed by atoms with E-state index < -0.39 is 6.10 Å². The Bertz CT molecular complexity index is 118. The van der Waals surface area contributed by atoms with Gasteiger partial charge in [-0.25, -0.2) is 0 Å². The van der Waals surface area contributed by atoms with Crippen LogP contribution >= 0.6 is 12.6 Å². The summed E-state index contributed by atoms with van der Waals surface area (Å²) in [5.41, 5.74) is 5.95. The van der Waals surface area contributed by atoms with Crippen molar-refractivity contribution in [2.24, 2.45) is 5.73 Å². The molecule has 0 amide bonds. The Morgan fingerprint density at radius 1 is 1.78 bits per heavy atom. The van der Waals surface area contributed by atoms with Crippen LogP contribution in [0.2, 0.25) is 0 Å². The second-order valence-electron chi connectivity index (χ2n) is 1.99. The highest BCUT2D eigenvalue weighted by atomic mass is 32.1. The van der Waals surface area contributed by atoms with Gasteiger partial charge in [-0.3, -0.25) is 0 Å². The van der Waals surface area contributed by atoms with E-state index in [1.807, 2.05) is 6.92 Å². The zero-order valence-electron chi connectivity index (χ0n) is 5.76. The monoisotopic (exact) mass is 147 g/mol. The molecule has 1 unspecified atom stereocenters. The van der Waals surface area contributed by atoms with Gasteiger partial charge in [0, 0.05) is 10.6 Å². The summed E-state index contributed by atoms with van der Waals surface area (Å²) < 4.78 is 0. The highest BCUT2D eigenvalue weighted by Gasteiger charge is 2.04. The lowest BCUT2D eigenvalue weighted by atomic mass is 10.2. The summed E-state index contributed by atoms with van der Waals surface area (Å²) in [6.07, 6.45) is 0.172. The Balaban J connectivity index is 4.02. The van der Waals surface area contributed by atoms with Crippen LogP contribution in [0.5, 0.6) is 0 Å². The maximum Gasteiger partial charge on any atom is 0.0860 e. The van der Waals surface area contributed by atoms with Gasteiger partial charge in [-0.1, -0.05) is 6.92 Å². The largest absolute Gasteiger partial charge is 0.402 e. The van der Waals surface area contributed by atoms with E-state index >= 15 is 0 Å². The Morgan fingerprint density at radius 2 is 2.22 bits per heavy atom. The molecule has 0 bridgehead atoms. The van der Waals surface area contributed by atoms with Crippen molar-refractivity contribution in [2.45, 2.75) is 26.4 Å². The van der Waals surface area contributed by atoms with Crippen LogP contribution in [0.25, 0.3) is 0 Å². The summed E-state index contributed by atoms with van der Waals surface area (Å²) in [5.74, 6) is 0. The summed E-state index contributed by atoms with van der Waals surface area (Å²) >= 11 is 4.00. The molecule has 0 fully saturated rings. The number of aliphatic hydroxyl groups excluding tert-OH is 1. The Labute approximate surface area is 61.2 Å². The average Bonchev–Trinajstić information content (AvgIpc) is 1.84. The molecule has 54 valence electrons. The number of rotatable bonds is 2. The van der Waals surface area contributed by atoms with E-state index in [9.17, 15) is 0 Å². The van der Waals surface area contributed by atoms with Crippen LogP contribution in [0.3, 0.4) is 0 Å². The van der Waals surface area contributed by atoms with Crippen molar-refractivity contribution >= 4 is 12.6 Å². The zero-order chi connectivity index (χ0) is 7.44. The molecule has 0 heterocycles. The summed E-state index contributed by atoms with van der Waals surface area (Å²) in [6, 6.07) is 0. The van der Waals surface area contributed by atoms with Crippen LogP contribution in [-0.4, -0.2) is 11.2 Å². The first-order chi connectivity index (χ1) is 4.09. The molecule has 0 aliphatic rings. The maximum absolute atomic E-state index is 9.08. The highest BCUT2D eigenvalue weighted by molar-refractivity contribution is 7.84. The molecule has 3 heteroatoms. The van der Waals surface area contributed by atoms with Crippen LogP contribution in [0, 0.1) is 0 Å². The van der Waals surface area contributed by atoms with Gasteiger partial charge in [-0.2, -0.15) is 0 Å². The third kappa shape index (κ3) is 2.77. The molecule has 9 heavy (non-hydrogen) atoms. The highest BCUT2D eigenvalue weighted by Crippen LogP contribution is 2.11. The van der Waals surface area contributed by atoms with Crippen molar-refractivity contribution in [3.63, 3.8) is 0 Å². The second-order valence-corrected chi connectivity index (χ2v) is 2.47. The van der Waals surface area contributed by atoms with Crippen molar-refractivity contribution < 1.29 is 5.11 Å². The molecule has 2 nitrogen and oxygen atoms in total. The van der Waals surface area contributed by atoms with Gasteiger partial charge in [0.2, 0.25) is 0 Å². The molecular formula is C6H13NOS. The third-order valence-electron chi connectivity index (χ3n) is 1.11. The molecule has 0 aromatic heterocycles. The third-order valence-corrected chi connectivity index (χ3v) is 1.76. The molecule has 0 radical (unpaired) electrons. The lowest BCUT2D eigenvalue weighted by Gasteiger charge is -2.07. The minimum atomic E-state index is -0.488. The first kappa shape index (κ1) is 8.85. The topological polar surface area (TPSA) is 46.2 Å². The second kappa shape index (κ2) is 3.80. The fourth-order valence-electron chi connectivity index (χ4n) is 0.456. The zero-order valence-corrected chi connectivity index (χ0v) is 6.65. The minimum Gasteiger partial charge on any atom is -0.402 e. The van der Waals surface area contributed by atoms with Crippen molar-refractivity contribution in [1.82, 2.24) is 0 Å². The van der Waals surface area contributed by atoms with E-state index in [1.165, 1.54) is 0 Å². The number of nitrogens with two attached hydrogens (primary N) is 1. The van der Waals surface area contributed by atoms with Crippen LogP contribution < -0.4 is 5.73 Å². The van der Waals surface area contributed by atoms with E-state index in [2.05, 4.69) is 12.6 Å². The Hall–Kier alpha value is -0.150. The molecule has 0 aromatic carbocycles.